The van der Waals surface area contributed by atoms with Gasteiger partial charge >= 0.3 is 5.69 Å². The summed E-state index contributed by atoms with van der Waals surface area (Å²) < 4.78 is 15.0. The zero-order valence-corrected chi connectivity index (χ0v) is 21.3. The number of hydrogen-bond acceptors (Lipinski definition) is 4. The summed E-state index contributed by atoms with van der Waals surface area (Å²) >= 11 is 6.30. The second-order valence-corrected chi connectivity index (χ2v) is 10.5. The minimum absolute atomic E-state index is 0.0902. The number of benzene rings is 2. The van der Waals surface area contributed by atoms with E-state index in [1.165, 1.54) is 11.1 Å². The number of likely N-dealkylation sites (tertiary alicyclic amines) is 1. The van der Waals surface area contributed by atoms with Crippen LogP contribution in [0.2, 0.25) is 5.02 Å². The van der Waals surface area contributed by atoms with Gasteiger partial charge in [0.25, 0.3) is 0 Å². The SMILES string of the molecule is COc1cc2c(cc1OC)C(N1CCC(n3c(=O)n(CC(C)C)c4cc(Cl)ccc43)CC1)CC2. The first-order valence-electron chi connectivity index (χ1n) is 12.3. The molecule has 6 nitrogen and oxygen atoms in total. The van der Waals surface area contributed by atoms with E-state index in [9.17, 15) is 4.79 Å². The van der Waals surface area contributed by atoms with Crippen molar-refractivity contribution in [2.24, 2.45) is 5.92 Å². The van der Waals surface area contributed by atoms with Crippen LogP contribution in [0.5, 0.6) is 11.5 Å². The molecule has 3 aromatic rings. The van der Waals surface area contributed by atoms with E-state index in [-0.39, 0.29) is 11.7 Å². The van der Waals surface area contributed by atoms with Crippen molar-refractivity contribution in [2.75, 3.05) is 27.3 Å². The van der Waals surface area contributed by atoms with Crippen LogP contribution in [0, 0.1) is 5.92 Å². The molecule has 2 heterocycles. The van der Waals surface area contributed by atoms with E-state index in [1.807, 2.05) is 27.3 Å². The lowest BCUT2D eigenvalue weighted by Crippen LogP contribution is -2.39. The molecule has 1 aliphatic carbocycles. The summed E-state index contributed by atoms with van der Waals surface area (Å²) in [6, 6.07) is 10.7. The molecule has 1 saturated heterocycles. The van der Waals surface area contributed by atoms with Gasteiger partial charge in [-0.25, -0.2) is 4.79 Å². The first-order chi connectivity index (χ1) is 16.4. The Hall–Kier alpha value is -2.44. The molecule has 1 fully saturated rings. The van der Waals surface area contributed by atoms with E-state index in [0.29, 0.717) is 23.5 Å². The minimum atomic E-state index is 0.0902. The van der Waals surface area contributed by atoms with Crippen LogP contribution < -0.4 is 15.2 Å². The molecule has 0 bridgehead atoms. The fourth-order valence-electron chi connectivity index (χ4n) is 5.89. The molecule has 1 atom stereocenters. The third kappa shape index (κ3) is 4.01. The molecule has 7 heteroatoms. The van der Waals surface area contributed by atoms with Crippen LogP contribution in [0.3, 0.4) is 0 Å². The van der Waals surface area contributed by atoms with Gasteiger partial charge in [-0.05, 0) is 73.1 Å². The average molecular weight is 484 g/mol. The number of piperidine rings is 1. The van der Waals surface area contributed by atoms with E-state index in [4.69, 9.17) is 21.1 Å². The number of imidazole rings is 1. The number of nitrogens with zero attached hydrogens (tertiary/aromatic N) is 3. The molecule has 1 aliphatic heterocycles. The van der Waals surface area contributed by atoms with Crippen LogP contribution in [-0.2, 0) is 13.0 Å². The average Bonchev–Trinajstić information content (AvgIpc) is 3.36. The predicted molar refractivity (Wildman–Crippen MR) is 136 cm³/mol. The monoisotopic (exact) mass is 483 g/mol. The van der Waals surface area contributed by atoms with Crippen molar-refractivity contribution in [2.45, 2.75) is 58.2 Å². The summed E-state index contributed by atoms with van der Waals surface area (Å²) in [6.45, 7) is 6.93. The summed E-state index contributed by atoms with van der Waals surface area (Å²) in [4.78, 5) is 16.1. The normalized spacial score (nSPS) is 19.2. The first kappa shape index (κ1) is 23.3. The molecule has 182 valence electrons. The van der Waals surface area contributed by atoms with Crippen molar-refractivity contribution in [3.05, 3.63) is 57.0 Å². The van der Waals surface area contributed by atoms with Crippen LogP contribution in [0.4, 0.5) is 0 Å². The van der Waals surface area contributed by atoms with E-state index in [2.05, 4.69) is 30.9 Å². The highest BCUT2D eigenvalue weighted by Gasteiger charge is 2.33. The summed E-state index contributed by atoms with van der Waals surface area (Å²) in [5.74, 6) is 1.99. The molecule has 0 spiro atoms. The van der Waals surface area contributed by atoms with E-state index < -0.39 is 0 Å². The van der Waals surface area contributed by atoms with E-state index in [1.54, 1.807) is 14.2 Å². The van der Waals surface area contributed by atoms with Gasteiger partial charge in [0.1, 0.15) is 0 Å². The first-order valence-corrected chi connectivity index (χ1v) is 12.7. The maximum absolute atomic E-state index is 13.5. The zero-order valence-electron chi connectivity index (χ0n) is 20.5. The Morgan fingerprint density at radius 3 is 2.38 bits per heavy atom. The molecule has 1 aromatic heterocycles. The van der Waals surface area contributed by atoms with Gasteiger partial charge in [-0.3, -0.25) is 14.0 Å². The van der Waals surface area contributed by atoms with Gasteiger partial charge in [0.2, 0.25) is 0 Å². The predicted octanol–water partition coefficient (Wildman–Crippen LogP) is 5.45. The van der Waals surface area contributed by atoms with Crippen molar-refractivity contribution in [3.63, 3.8) is 0 Å². The van der Waals surface area contributed by atoms with Crippen LogP contribution >= 0.6 is 11.6 Å². The van der Waals surface area contributed by atoms with Gasteiger partial charge in [0.05, 0.1) is 25.3 Å². The topological polar surface area (TPSA) is 48.6 Å². The maximum Gasteiger partial charge on any atom is 0.329 e. The van der Waals surface area contributed by atoms with E-state index in [0.717, 1.165) is 61.3 Å². The fraction of sp³-hybridized carbons (Fsp3) is 0.519. The molecule has 2 aliphatic rings. The van der Waals surface area contributed by atoms with Crippen molar-refractivity contribution in [1.29, 1.82) is 0 Å². The molecular formula is C27H34ClN3O3. The van der Waals surface area contributed by atoms with Gasteiger partial charge in [-0.1, -0.05) is 25.4 Å². The van der Waals surface area contributed by atoms with E-state index >= 15 is 0 Å². The highest BCUT2D eigenvalue weighted by molar-refractivity contribution is 6.31. The Bertz CT molecular complexity index is 1250. The highest BCUT2D eigenvalue weighted by Crippen LogP contribution is 2.43. The molecule has 34 heavy (non-hydrogen) atoms. The zero-order chi connectivity index (χ0) is 24.0. The number of aryl methyl sites for hydroxylation is 1. The lowest BCUT2D eigenvalue weighted by molar-refractivity contribution is 0.134. The van der Waals surface area contributed by atoms with Crippen molar-refractivity contribution >= 4 is 22.6 Å². The Balaban J connectivity index is 1.39. The lowest BCUT2D eigenvalue weighted by Gasteiger charge is -2.37. The van der Waals surface area contributed by atoms with Crippen LogP contribution in [0.15, 0.2) is 35.1 Å². The van der Waals surface area contributed by atoms with Gasteiger partial charge in [0.15, 0.2) is 11.5 Å². The summed E-state index contributed by atoms with van der Waals surface area (Å²) in [5, 5.41) is 0.670. The third-order valence-corrected chi connectivity index (χ3v) is 7.70. The third-order valence-electron chi connectivity index (χ3n) is 7.47. The van der Waals surface area contributed by atoms with Gasteiger partial charge in [-0.2, -0.15) is 0 Å². The number of aromatic nitrogens is 2. The van der Waals surface area contributed by atoms with Crippen LogP contribution in [-0.4, -0.2) is 41.3 Å². The fourth-order valence-corrected chi connectivity index (χ4v) is 6.06. The lowest BCUT2D eigenvalue weighted by atomic mass is 9.99. The van der Waals surface area contributed by atoms with Gasteiger partial charge < -0.3 is 9.47 Å². The van der Waals surface area contributed by atoms with Crippen molar-refractivity contribution in [1.82, 2.24) is 14.0 Å². The highest BCUT2D eigenvalue weighted by atomic mass is 35.5. The number of ether oxygens (including phenoxy) is 2. The minimum Gasteiger partial charge on any atom is -0.493 e. The summed E-state index contributed by atoms with van der Waals surface area (Å²) in [6.07, 6.45) is 4.09. The molecule has 0 saturated carbocycles. The summed E-state index contributed by atoms with van der Waals surface area (Å²) in [7, 11) is 3.38. The number of halogens is 1. The molecule has 2 aromatic carbocycles. The van der Waals surface area contributed by atoms with Gasteiger partial charge in [-0.15, -0.1) is 0 Å². The second kappa shape index (κ2) is 9.31. The number of hydrogen-bond donors (Lipinski definition) is 0. The quantitative estimate of drug-likeness (QED) is 0.467. The Morgan fingerprint density at radius 2 is 1.71 bits per heavy atom. The smallest absolute Gasteiger partial charge is 0.329 e. The number of methoxy groups -OCH3 is 2. The largest absolute Gasteiger partial charge is 0.493 e. The van der Waals surface area contributed by atoms with Crippen molar-refractivity contribution in [3.8, 4) is 11.5 Å². The molecular weight excluding hydrogens is 450 g/mol. The Morgan fingerprint density at radius 1 is 1.00 bits per heavy atom. The molecule has 0 N–H and O–H groups in total. The standard InChI is InChI=1S/C27H34ClN3O3/c1-17(2)16-30-24-14-19(28)6-8-23(24)31(27(30)32)20-9-11-29(12-10-20)22-7-5-18-13-25(33-3)26(34-4)15-21(18)22/h6,8,13-15,17,20,22H,5,7,9-12,16H2,1-4H3. The van der Waals surface area contributed by atoms with Crippen LogP contribution in [0.1, 0.15) is 56.3 Å². The molecule has 0 amide bonds. The Labute approximate surface area is 206 Å². The van der Waals surface area contributed by atoms with Crippen LogP contribution in [0.25, 0.3) is 11.0 Å². The molecule has 1 unspecified atom stereocenters. The molecule has 0 radical (unpaired) electrons. The second-order valence-electron chi connectivity index (χ2n) is 10.0. The maximum atomic E-state index is 13.5. The Kier molecular flexibility index (Phi) is 6.38. The molecule has 5 rings (SSSR count). The number of rotatable bonds is 6. The summed E-state index contributed by atoms with van der Waals surface area (Å²) in [5.41, 5.74) is 4.74. The van der Waals surface area contributed by atoms with Crippen molar-refractivity contribution < 1.29 is 9.47 Å². The number of fused-ring (bicyclic) bond motifs is 2. The van der Waals surface area contributed by atoms with Gasteiger partial charge in [0, 0.05) is 36.7 Å².